The van der Waals surface area contributed by atoms with Crippen LogP contribution in [-0.2, 0) is 0 Å². The van der Waals surface area contributed by atoms with Crippen molar-refractivity contribution >= 4 is 49.7 Å². The summed E-state index contributed by atoms with van der Waals surface area (Å²) in [5.41, 5.74) is 0.779. The van der Waals surface area contributed by atoms with Gasteiger partial charge in [-0.2, -0.15) is 0 Å². The summed E-state index contributed by atoms with van der Waals surface area (Å²) in [5, 5.41) is 17.7. The third kappa shape index (κ3) is 3.73. The van der Waals surface area contributed by atoms with Crippen molar-refractivity contribution < 1.29 is 19.8 Å². The van der Waals surface area contributed by atoms with Gasteiger partial charge in [0, 0.05) is 12.4 Å². The number of rotatable bonds is 3. The number of pyridine rings is 2. The summed E-state index contributed by atoms with van der Waals surface area (Å²) in [6.45, 7) is 0. The zero-order valence-electron chi connectivity index (χ0n) is 9.07. The number of hydrogen-bond acceptors (Lipinski definition) is 4. The topological polar surface area (TPSA) is 100 Å². The van der Waals surface area contributed by atoms with Crippen LogP contribution in [0.1, 0.15) is 20.7 Å². The van der Waals surface area contributed by atoms with Crippen molar-refractivity contribution in [3.63, 3.8) is 0 Å². The summed E-state index contributed by atoms with van der Waals surface area (Å²) in [5.74, 6) is -2.15. The van der Waals surface area contributed by atoms with Crippen molar-refractivity contribution in [2.45, 2.75) is 0 Å². The second kappa shape index (κ2) is 6.60. The van der Waals surface area contributed by atoms with Crippen molar-refractivity contribution in [1.29, 1.82) is 0 Å². The van der Waals surface area contributed by atoms with Gasteiger partial charge < -0.3 is 10.2 Å². The standard InChI is InChI=1S/C12H8N2O4.Ca.2H/c15-11(16)7-1-3-13-9(5-7)10-6-8(12(17)18)2-4-14-10;;;/h1-6H,(H,15,16)(H,17,18);;;. The molecule has 0 aliphatic carbocycles. The Kier molecular flexibility index (Phi) is 5.41. The number of carboxylic acids is 2. The van der Waals surface area contributed by atoms with Crippen LogP contribution in [0.4, 0.5) is 0 Å². The summed E-state index contributed by atoms with van der Waals surface area (Å²) in [7, 11) is 0. The fourth-order valence-electron chi connectivity index (χ4n) is 1.41. The molecule has 2 aromatic rings. The summed E-state index contributed by atoms with van der Waals surface area (Å²) in [4.78, 5) is 29.6. The van der Waals surface area contributed by atoms with Crippen molar-refractivity contribution in [2.75, 3.05) is 0 Å². The molecule has 0 amide bonds. The van der Waals surface area contributed by atoms with E-state index in [2.05, 4.69) is 9.97 Å². The molecule has 19 heavy (non-hydrogen) atoms. The number of aromatic nitrogens is 2. The first-order chi connectivity index (χ1) is 8.58. The van der Waals surface area contributed by atoms with Crippen LogP contribution in [0.2, 0.25) is 0 Å². The van der Waals surface area contributed by atoms with E-state index in [9.17, 15) is 9.59 Å². The van der Waals surface area contributed by atoms with Gasteiger partial charge in [0.15, 0.2) is 0 Å². The molecule has 0 bridgehead atoms. The first-order valence-corrected chi connectivity index (χ1v) is 4.97. The second-order valence-corrected chi connectivity index (χ2v) is 3.47. The van der Waals surface area contributed by atoms with E-state index in [4.69, 9.17) is 10.2 Å². The fraction of sp³-hybridized carbons (Fsp3) is 0. The van der Waals surface area contributed by atoms with E-state index >= 15 is 0 Å². The second-order valence-electron chi connectivity index (χ2n) is 3.47. The van der Waals surface area contributed by atoms with Crippen LogP contribution in [-0.4, -0.2) is 69.9 Å². The Morgan fingerprint density at radius 3 is 1.53 bits per heavy atom. The number of hydrogen-bond donors (Lipinski definition) is 2. The van der Waals surface area contributed by atoms with Gasteiger partial charge in [0.05, 0.1) is 22.5 Å². The maximum atomic E-state index is 10.8. The molecule has 0 aromatic carbocycles. The van der Waals surface area contributed by atoms with Crippen LogP contribution in [0.3, 0.4) is 0 Å². The van der Waals surface area contributed by atoms with Gasteiger partial charge in [0.1, 0.15) is 0 Å². The van der Waals surface area contributed by atoms with E-state index < -0.39 is 11.9 Å². The van der Waals surface area contributed by atoms with Crippen LogP contribution < -0.4 is 0 Å². The Hall–Kier alpha value is -1.50. The van der Waals surface area contributed by atoms with Gasteiger partial charge in [-0.25, -0.2) is 9.59 Å². The third-order valence-electron chi connectivity index (χ3n) is 2.28. The molecule has 0 aliphatic rings. The van der Waals surface area contributed by atoms with Crippen LogP contribution in [0.5, 0.6) is 0 Å². The molecule has 0 unspecified atom stereocenters. The average molecular weight is 286 g/mol. The first-order valence-electron chi connectivity index (χ1n) is 4.97. The van der Waals surface area contributed by atoms with Crippen molar-refractivity contribution in [3.05, 3.63) is 47.8 Å². The van der Waals surface area contributed by atoms with Gasteiger partial charge in [0.25, 0.3) is 0 Å². The van der Waals surface area contributed by atoms with E-state index in [-0.39, 0.29) is 48.9 Å². The first kappa shape index (κ1) is 15.6. The third-order valence-corrected chi connectivity index (χ3v) is 2.28. The Balaban J connectivity index is 0.00000180. The molecule has 0 spiro atoms. The molecule has 2 rings (SSSR count). The van der Waals surface area contributed by atoms with Crippen LogP contribution in [0.15, 0.2) is 36.7 Å². The molecular formula is C12H10CaN2O4. The summed E-state index contributed by atoms with van der Waals surface area (Å²) < 4.78 is 0. The molecule has 0 saturated heterocycles. The molecule has 7 heteroatoms. The number of nitrogens with zero attached hydrogens (tertiary/aromatic N) is 2. The van der Waals surface area contributed by atoms with Gasteiger partial charge in [-0.3, -0.25) is 9.97 Å². The summed E-state index contributed by atoms with van der Waals surface area (Å²) >= 11 is 0. The van der Waals surface area contributed by atoms with Crippen molar-refractivity contribution in [3.8, 4) is 11.4 Å². The van der Waals surface area contributed by atoms with E-state index in [1.165, 1.54) is 36.7 Å². The number of aromatic carboxylic acids is 2. The molecule has 0 aliphatic heterocycles. The van der Waals surface area contributed by atoms with Crippen LogP contribution in [0, 0.1) is 0 Å². The molecule has 0 atom stereocenters. The number of carboxylic acid groups (broad SMARTS) is 2. The zero-order chi connectivity index (χ0) is 13.1. The van der Waals surface area contributed by atoms with Gasteiger partial charge in [-0.1, -0.05) is 0 Å². The monoisotopic (exact) mass is 286 g/mol. The molecule has 2 aromatic heterocycles. The van der Waals surface area contributed by atoms with Crippen LogP contribution in [0.25, 0.3) is 11.4 Å². The Morgan fingerprint density at radius 1 is 0.842 bits per heavy atom. The summed E-state index contributed by atoms with van der Waals surface area (Å²) in [6, 6.07) is 5.40. The van der Waals surface area contributed by atoms with Crippen LogP contribution >= 0.6 is 0 Å². The molecule has 2 N–H and O–H groups in total. The van der Waals surface area contributed by atoms with Gasteiger partial charge >= 0.3 is 49.7 Å². The molecule has 2 heterocycles. The van der Waals surface area contributed by atoms with E-state index in [0.29, 0.717) is 11.4 Å². The normalized spacial score (nSPS) is 9.47. The zero-order valence-corrected chi connectivity index (χ0v) is 9.07. The average Bonchev–Trinajstić information content (AvgIpc) is 2.39. The van der Waals surface area contributed by atoms with Gasteiger partial charge in [0.2, 0.25) is 0 Å². The molecule has 0 fully saturated rings. The van der Waals surface area contributed by atoms with E-state index in [0.717, 1.165) is 0 Å². The minimum atomic E-state index is -1.08. The number of carbonyl (C=O) groups is 2. The Bertz CT molecular complexity index is 575. The van der Waals surface area contributed by atoms with Crippen molar-refractivity contribution in [1.82, 2.24) is 9.97 Å². The minimum absolute atomic E-state index is 0. The quantitative estimate of drug-likeness (QED) is 0.802. The van der Waals surface area contributed by atoms with E-state index in [1.54, 1.807) is 0 Å². The maximum absolute atomic E-state index is 10.8. The van der Waals surface area contributed by atoms with Gasteiger partial charge in [-0.05, 0) is 24.3 Å². The predicted octanol–water partition coefficient (Wildman–Crippen LogP) is 0.624. The Morgan fingerprint density at radius 2 is 1.21 bits per heavy atom. The molecule has 0 saturated carbocycles. The van der Waals surface area contributed by atoms with Gasteiger partial charge in [-0.15, -0.1) is 0 Å². The SMILES string of the molecule is O=C(O)c1ccnc(-c2cc(C(=O)O)ccn2)c1.[CaH2]. The predicted molar refractivity (Wildman–Crippen MR) is 69.9 cm³/mol. The fourth-order valence-corrected chi connectivity index (χ4v) is 1.41. The Labute approximate surface area is 138 Å². The van der Waals surface area contributed by atoms with E-state index in [1.807, 2.05) is 0 Å². The summed E-state index contributed by atoms with van der Waals surface area (Å²) in [6.07, 6.45) is 2.68. The van der Waals surface area contributed by atoms with Crippen molar-refractivity contribution in [2.24, 2.45) is 0 Å². The molecular weight excluding hydrogens is 276 g/mol. The molecule has 94 valence electrons. The molecule has 6 nitrogen and oxygen atoms in total. The molecule has 0 radical (unpaired) electrons.